The minimum absolute atomic E-state index is 0.00611. The van der Waals surface area contributed by atoms with Gasteiger partial charge in [0.25, 0.3) is 0 Å². The molecule has 0 saturated carbocycles. The second-order valence-corrected chi connectivity index (χ2v) is 8.95. The second-order valence-electron chi connectivity index (χ2n) is 4.26. The Hall–Kier alpha value is -0.710. The largest absolute Gasteiger partial charge is 0.491 e. The molecule has 0 aliphatic rings. The standard InChI is InChI=1S/C11H15BrFNO5S2/c1-2-4-20(15,16)5-3-19-10-7-9(13)11(6-8(10)12)21(14,17)18/h6-7H,2-5H2,1H3,(H2,14,17,18). The smallest absolute Gasteiger partial charge is 0.241 e. The quantitative estimate of drug-likeness (QED) is 0.741. The van der Waals surface area contributed by atoms with Crippen molar-refractivity contribution in [2.45, 2.75) is 18.2 Å². The van der Waals surface area contributed by atoms with Gasteiger partial charge in [-0.2, -0.15) is 0 Å². The van der Waals surface area contributed by atoms with E-state index in [1.165, 1.54) is 0 Å². The minimum Gasteiger partial charge on any atom is -0.491 e. The molecule has 10 heteroatoms. The first-order valence-electron chi connectivity index (χ1n) is 5.92. The molecule has 1 aromatic rings. The van der Waals surface area contributed by atoms with Gasteiger partial charge in [-0.1, -0.05) is 6.92 Å². The van der Waals surface area contributed by atoms with Crippen molar-refractivity contribution in [3.05, 3.63) is 22.4 Å². The predicted molar refractivity (Wildman–Crippen MR) is 79.9 cm³/mol. The van der Waals surface area contributed by atoms with E-state index in [1.54, 1.807) is 6.92 Å². The van der Waals surface area contributed by atoms with Gasteiger partial charge >= 0.3 is 0 Å². The monoisotopic (exact) mass is 403 g/mol. The van der Waals surface area contributed by atoms with Crippen LogP contribution in [0.3, 0.4) is 0 Å². The summed E-state index contributed by atoms with van der Waals surface area (Å²) in [6.07, 6.45) is 0.504. The van der Waals surface area contributed by atoms with Gasteiger partial charge in [0.15, 0.2) is 9.84 Å². The Bertz CT molecular complexity index is 718. The molecule has 2 N–H and O–H groups in total. The summed E-state index contributed by atoms with van der Waals surface area (Å²) in [5.41, 5.74) is 0. The number of hydrogen-bond acceptors (Lipinski definition) is 5. The van der Waals surface area contributed by atoms with E-state index in [4.69, 9.17) is 9.88 Å². The fraction of sp³-hybridized carbons (Fsp3) is 0.455. The first kappa shape index (κ1) is 18.3. The van der Waals surface area contributed by atoms with Crippen LogP contribution in [0.15, 0.2) is 21.5 Å². The summed E-state index contributed by atoms with van der Waals surface area (Å²) in [7, 11) is -7.39. The number of benzene rings is 1. The highest BCUT2D eigenvalue weighted by molar-refractivity contribution is 9.10. The molecule has 0 saturated heterocycles. The van der Waals surface area contributed by atoms with Crippen LogP contribution >= 0.6 is 15.9 Å². The van der Waals surface area contributed by atoms with Crippen LogP contribution in [0, 0.1) is 5.82 Å². The van der Waals surface area contributed by atoms with Crippen LogP contribution in [0.4, 0.5) is 4.39 Å². The highest BCUT2D eigenvalue weighted by Gasteiger charge is 2.18. The Kier molecular flexibility index (Phi) is 6.14. The van der Waals surface area contributed by atoms with Crippen molar-refractivity contribution in [2.75, 3.05) is 18.1 Å². The maximum Gasteiger partial charge on any atom is 0.241 e. The molecule has 0 aliphatic carbocycles. The number of ether oxygens (including phenoxy) is 1. The van der Waals surface area contributed by atoms with Gasteiger partial charge in [-0.25, -0.2) is 26.4 Å². The second kappa shape index (κ2) is 7.03. The molecular weight excluding hydrogens is 389 g/mol. The summed E-state index contributed by atoms with van der Waals surface area (Å²) < 4.78 is 64.2. The molecule has 6 nitrogen and oxygen atoms in total. The number of rotatable bonds is 7. The summed E-state index contributed by atoms with van der Waals surface area (Å²) in [5, 5.41) is 4.86. The lowest BCUT2D eigenvalue weighted by atomic mass is 10.3. The summed E-state index contributed by atoms with van der Waals surface area (Å²) in [6.45, 7) is 1.59. The maximum atomic E-state index is 13.6. The van der Waals surface area contributed by atoms with Crippen molar-refractivity contribution in [1.29, 1.82) is 0 Å². The molecule has 0 amide bonds. The van der Waals surface area contributed by atoms with E-state index < -0.39 is 30.6 Å². The SMILES string of the molecule is CCCS(=O)(=O)CCOc1cc(F)c(S(N)(=O)=O)cc1Br. The first-order valence-corrected chi connectivity index (χ1v) is 10.1. The van der Waals surface area contributed by atoms with E-state index in [0.29, 0.717) is 6.42 Å². The summed E-state index contributed by atoms with van der Waals surface area (Å²) in [5.74, 6) is -1.21. The van der Waals surface area contributed by atoms with Gasteiger partial charge in [0.2, 0.25) is 10.0 Å². The molecule has 0 bridgehead atoms. The van der Waals surface area contributed by atoms with E-state index in [9.17, 15) is 21.2 Å². The Morgan fingerprint density at radius 1 is 1.24 bits per heavy atom. The van der Waals surface area contributed by atoms with Gasteiger partial charge < -0.3 is 4.74 Å². The first-order chi connectivity index (χ1) is 9.57. The van der Waals surface area contributed by atoms with Gasteiger partial charge in [0.1, 0.15) is 23.1 Å². The van der Waals surface area contributed by atoms with E-state index in [-0.39, 0.29) is 28.3 Å². The van der Waals surface area contributed by atoms with Crippen molar-refractivity contribution < 1.29 is 26.0 Å². The molecule has 0 atom stereocenters. The fourth-order valence-electron chi connectivity index (χ4n) is 1.53. The van der Waals surface area contributed by atoms with Crippen LogP contribution in [-0.2, 0) is 19.9 Å². The number of primary sulfonamides is 1. The van der Waals surface area contributed by atoms with Crippen molar-refractivity contribution in [3.8, 4) is 5.75 Å². The molecule has 0 heterocycles. The molecule has 0 unspecified atom stereocenters. The lowest BCUT2D eigenvalue weighted by Gasteiger charge is -2.10. The molecule has 1 aromatic carbocycles. The average Bonchev–Trinajstić information content (AvgIpc) is 2.31. The Labute approximate surface area is 131 Å². The number of hydrogen-bond donors (Lipinski definition) is 1. The fourth-order valence-corrected chi connectivity index (χ4v) is 3.92. The third kappa shape index (κ3) is 5.53. The highest BCUT2D eigenvalue weighted by atomic mass is 79.9. The maximum absolute atomic E-state index is 13.6. The predicted octanol–water partition coefficient (Wildman–Crippen LogP) is 1.44. The third-order valence-corrected chi connectivity index (χ3v) is 5.82. The van der Waals surface area contributed by atoms with Gasteiger partial charge in [0.05, 0.1) is 16.0 Å². The van der Waals surface area contributed by atoms with E-state index in [0.717, 1.165) is 12.1 Å². The van der Waals surface area contributed by atoms with Gasteiger partial charge in [-0.3, -0.25) is 0 Å². The molecule has 21 heavy (non-hydrogen) atoms. The highest BCUT2D eigenvalue weighted by Crippen LogP contribution is 2.29. The minimum atomic E-state index is -4.18. The summed E-state index contributed by atoms with van der Waals surface area (Å²) in [6, 6.07) is 1.82. The molecule has 0 aliphatic heterocycles. The normalized spacial score (nSPS) is 12.4. The van der Waals surface area contributed by atoms with Gasteiger partial charge in [-0.05, 0) is 28.4 Å². The molecule has 1 rings (SSSR count). The van der Waals surface area contributed by atoms with Gasteiger partial charge in [0, 0.05) is 6.07 Å². The molecular formula is C11H15BrFNO5S2. The van der Waals surface area contributed by atoms with Crippen LogP contribution < -0.4 is 9.88 Å². The Morgan fingerprint density at radius 2 is 1.86 bits per heavy atom. The van der Waals surface area contributed by atoms with E-state index in [2.05, 4.69) is 15.9 Å². The number of nitrogens with two attached hydrogens (primary N) is 1. The average molecular weight is 404 g/mol. The van der Waals surface area contributed by atoms with Crippen LogP contribution in [0.25, 0.3) is 0 Å². The molecule has 120 valence electrons. The lowest BCUT2D eigenvalue weighted by Crippen LogP contribution is -2.17. The molecule has 0 spiro atoms. The van der Waals surface area contributed by atoms with Crippen molar-refractivity contribution in [1.82, 2.24) is 0 Å². The number of sulfone groups is 1. The van der Waals surface area contributed by atoms with Crippen molar-refractivity contribution in [3.63, 3.8) is 0 Å². The van der Waals surface area contributed by atoms with Crippen LogP contribution in [-0.4, -0.2) is 34.9 Å². The van der Waals surface area contributed by atoms with Crippen molar-refractivity contribution in [2.24, 2.45) is 5.14 Å². The zero-order chi connectivity index (χ0) is 16.3. The van der Waals surface area contributed by atoms with Crippen molar-refractivity contribution >= 4 is 35.8 Å². The molecule has 0 fully saturated rings. The van der Waals surface area contributed by atoms with Crippen LogP contribution in [0.1, 0.15) is 13.3 Å². The van der Waals surface area contributed by atoms with E-state index >= 15 is 0 Å². The molecule has 0 aromatic heterocycles. The van der Waals surface area contributed by atoms with Gasteiger partial charge in [-0.15, -0.1) is 0 Å². The lowest BCUT2D eigenvalue weighted by molar-refractivity contribution is 0.336. The van der Waals surface area contributed by atoms with E-state index in [1.807, 2.05) is 0 Å². The summed E-state index contributed by atoms with van der Waals surface area (Å²) >= 11 is 3.02. The Balaban J connectivity index is 2.85. The number of sulfonamides is 1. The third-order valence-electron chi connectivity index (χ3n) is 2.46. The zero-order valence-corrected chi connectivity index (χ0v) is 14.4. The van der Waals surface area contributed by atoms with Crippen LogP contribution in [0.5, 0.6) is 5.75 Å². The molecule has 0 radical (unpaired) electrons. The topological polar surface area (TPSA) is 104 Å². The summed E-state index contributed by atoms with van der Waals surface area (Å²) in [4.78, 5) is -0.666. The van der Waals surface area contributed by atoms with Crippen LogP contribution in [0.2, 0.25) is 0 Å². The zero-order valence-electron chi connectivity index (χ0n) is 11.2. The number of halogens is 2. The Morgan fingerprint density at radius 3 is 2.38 bits per heavy atom.